The van der Waals surface area contributed by atoms with Crippen molar-refractivity contribution in [2.45, 2.75) is 19.4 Å². The molecule has 114 valence electrons. The van der Waals surface area contributed by atoms with Crippen LogP contribution in [0.4, 0.5) is 22.0 Å². The van der Waals surface area contributed by atoms with Crippen LogP contribution >= 0.6 is 0 Å². The van der Waals surface area contributed by atoms with E-state index in [0.29, 0.717) is 12.2 Å². The Morgan fingerprint density at radius 2 is 1.48 bits per heavy atom. The van der Waals surface area contributed by atoms with Crippen LogP contribution < -0.4 is 5.32 Å². The molecule has 1 aromatic carbocycles. The van der Waals surface area contributed by atoms with Crippen LogP contribution in [-0.4, -0.2) is 13.1 Å². The summed E-state index contributed by atoms with van der Waals surface area (Å²) in [7, 11) is 1.72. The SMILES string of the molecule is CNC(C)Cc1ccc(-c2c(F)c(F)c(F)c(F)c2F)o1. The lowest BCUT2D eigenvalue weighted by Gasteiger charge is -2.08. The summed E-state index contributed by atoms with van der Waals surface area (Å²) < 4.78 is 71.7. The molecule has 1 N–H and O–H groups in total. The van der Waals surface area contributed by atoms with E-state index < -0.39 is 40.4 Å². The van der Waals surface area contributed by atoms with Gasteiger partial charge < -0.3 is 9.73 Å². The Kier molecular flexibility index (Phi) is 4.32. The molecule has 0 aliphatic carbocycles. The van der Waals surface area contributed by atoms with E-state index in [0.717, 1.165) is 0 Å². The molecule has 0 amide bonds. The normalized spacial score (nSPS) is 12.7. The fraction of sp³-hybridized carbons (Fsp3) is 0.286. The van der Waals surface area contributed by atoms with E-state index >= 15 is 0 Å². The van der Waals surface area contributed by atoms with Gasteiger partial charge in [0.05, 0.1) is 5.56 Å². The average molecular weight is 305 g/mol. The van der Waals surface area contributed by atoms with E-state index in [1.807, 2.05) is 6.92 Å². The lowest BCUT2D eigenvalue weighted by molar-refractivity contribution is 0.378. The number of furan rings is 1. The fourth-order valence-electron chi connectivity index (χ4n) is 1.85. The molecule has 0 aliphatic rings. The summed E-state index contributed by atoms with van der Waals surface area (Å²) in [6.45, 7) is 1.85. The summed E-state index contributed by atoms with van der Waals surface area (Å²) >= 11 is 0. The third-order valence-corrected chi connectivity index (χ3v) is 3.12. The molecule has 2 aromatic rings. The van der Waals surface area contributed by atoms with Gasteiger partial charge in [-0.15, -0.1) is 0 Å². The van der Waals surface area contributed by atoms with Gasteiger partial charge in [-0.25, -0.2) is 22.0 Å². The number of hydrogen-bond acceptors (Lipinski definition) is 2. The first-order valence-electron chi connectivity index (χ1n) is 6.14. The quantitative estimate of drug-likeness (QED) is 0.528. The predicted octanol–water partition coefficient (Wildman–Crippen LogP) is 3.79. The number of nitrogens with one attached hydrogen (secondary N) is 1. The van der Waals surface area contributed by atoms with Crippen molar-refractivity contribution in [2.24, 2.45) is 0 Å². The Labute approximate surface area is 117 Å². The van der Waals surface area contributed by atoms with Crippen LogP contribution in [0, 0.1) is 29.1 Å². The van der Waals surface area contributed by atoms with Crippen molar-refractivity contribution in [3.8, 4) is 11.3 Å². The van der Waals surface area contributed by atoms with Gasteiger partial charge in [-0.05, 0) is 26.1 Å². The lowest BCUT2D eigenvalue weighted by Crippen LogP contribution is -2.23. The zero-order valence-electron chi connectivity index (χ0n) is 11.2. The van der Waals surface area contributed by atoms with Crippen molar-refractivity contribution in [1.29, 1.82) is 0 Å². The Hall–Kier alpha value is -1.89. The van der Waals surface area contributed by atoms with E-state index in [-0.39, 0.29) is 6.04 Å². The number of benzene rings is 1. The summed E-state index contributed by atoms with van der Waals surface area (Å²) in [6, 6.07) is 2.64. The third kappa shape index (κ3) is 2.78. The molecule has 1 aromatic heterocycles. The topological polar surface area (TPSA) is 25.2 Å². The van der Waals surface area contributed by atoms with Crippen molar-refractivity contribution in [2.75, 3.05) is 7.05 Å². The molecule has 0 saturated heterocycles. The molecule has 7 heteroatoms. The van der Waals surface area contributed by atoms with Gasteiger partial charge in [-0.2, -0.15) is 0 Å². The Bertz CT molecular complexity index is 639. The van der Waals surface area contributed by atoms with Gasteiger partial charge in [-0.3, -0.25) is 0 Å². The summed E-state index contributed by atoms with van der Waals surface area (Å²) in [4.78, 5) is 0. The number of rotatable bonds is 4. The second kappa shape index (κ2) is 5.85. The van der Waals surface area contributed by atoms with Crippen LogP contribution in [0.25, 0.3) is 11.3 Å². The Morgan fingerprint density at radius 3 is 2.00 bits per heavy atom. The predicted molar refractivity (Wildman–Crippen MR) is 66.2 cm³/mol. The molecule has 0 radical (unpaired) electrons. The first-order valence-corrected chi connectivity index (χ1v) is 6.14. The molecule has 0 spiro atoms. The first kappa shape index (κ1) is 15.5. The number of hydrogen-bond donors (Lipinski definition) is 1. The third-order valence-electron chi connectivity index (χ3n) is 3.12. The van der Waals surface area contributed by atoms with Gasteiger partial charge in [0, 0.05) is 12.5 Å². The maximum Gasteiger partial charge on any atom is 0.200 e. The smallest absolute Gasteiger partial charge is 0.200 e. The highest BCUT2D eigenvalue weighted by Crippen LogP contribution is 2.32. The number of likely N-dealkylation sites (N-methyl/N-ethyl adjacent to an activating group) is 1. The van der Waals surface area contributed by atoms with E-state index in [4.69, 9.17) is 4.42 Å². The minimum Gasteiger partial charge on any atom is -0.461 e. The van der Waals surface area contributed by atoms with Crippen molar-refractivity contribution >= 4 is 0 Å². The van der Waals surface area contributed by atoms with Crippen molar-refractivity contribution in [3.63, 3.8) is 0 Å². The van der Waals surface area contributed by atoms with Gasteiger partial charge in [0.1, 0.15) is 11.5 Å². The Morgan fingerprint density at radius 1 is 0.952 bits per heavy atom. The van der Waals surface area contributed by atoms with Crippen LogP contribution in [0.15, 0.2) is 16.5 Å². The van der Waals surface area contributed by atoms with Crippen molar-refractivity contribution in [1.82, 2.24) is 5.32 Å². The van der Waals surface area contributed by atoms with Gasteiger partial charge in [-0.1, -0.05) is 0 Å². The maximum atomic E-state index is 13.6. The second-order valence-electron chi connectivity index (χ2n) is 4.60. The summed E-state index contributed by atoms with van der Waals surface area (Å²) in [5.74, 6) is -10.0. The molecular formula is C14H12F5NO. The summed E-state index contributed by atoms with van der Waals surface area (Å²) in [5.41, 5.74) is -1.06. The average Bonchev–Trinajstić information content (AvgIpc) is 2.91. The highest BCUT2D eigenvalue weighted by atomic mass is 19.2. The highest BCUT2D eigenvalue weighted by Gasteiger charge is 2.28. The monoisotopic (exact) mass is 305 g/mol. The van der Waals surface area contributed by atoms with Crippen molar-refractivity contribution < 1.29 is 26.4 Å². The molecule has 1 atom stereocenters. The zero-order valence-corrected chi connectivity index (χ0v) is 11.2. The molecule has 0 saturated carbocycles. The van der Waals surface area contributed by atoms with Crippen LogP contribution in [0.1, 0.15) is 12.7 Å². The van der Waals surface area contributed by atoms with Gasteiger partial charge >= 0.3 is 0 Å². The van der Waals surface area contributed by atoms with Gasteiger partial charge in [0.15, 0.2) is 23.3 Å². The largest absolute Gasteiger partial charge is 0.461 e. The van der Waals surface area contributed by atoms with E-state index in [1.165, 1.54) is 12.1 Å². The molecule has 0 fully saturated rings. The fourth-order valence-corrected chi connectivity index (χ4v) is 1.85. The first-order chi connectivity index (χ1) is 9.86. The molecule has 0 bridgehead atoms. The number of halogens is 5. The second-order valence-corrected chi connectivity index (χ2v) is 4.60. The molecule has 0 aliphatic heterocycles. The van der Waals surface area contributed by atoms with E-state index in [9.17, 15) is 22.0 Å². The van der Waals surface area contributed by atoms with Crippen LogP contribution in [0.3, 0.4) is 0 Å². The summed E-state index contributed by atoms with van der Waals surface area (Å²) in [6.07, 6.45) is 0.409. The van der Waals surface area contributed by atoms with Gasteiger partial charge in [0.2, 0.25) is 5.82 Å². The van der Waals surface area contributed by atoms with Crippen molar-refractivity contribution in [3.05, 3.63) is 47.0 Å². The molecule has 1 unspecified atom stereocenters. The maximum absolute atomic E-state index is 13.6. The van der Waals surface area contributed by atoms with Crippen LogP contribution in [0.5, 0.6) is 0 Å². The van der Waals surface area contributed by atoms with Crippen LogP contribution in [0.2, 0.25) is 0 Å². The summed E-state index contributed by atoms with van der Waals surface area (Å²) in [5, 5.41) is 2.93. The van der Waals surface area contributed by atoms with E-state index in [2.05, 4.69) is 5.32 Å². The van der Waals surface area contributed by atoms with Gasteiger partial charge in [0.25, 0.3) is 0 Å². The highest BCUT2D eigenvalue weighted by molar-refractivity contribution is 5.60. The minimum atomic E-state index is -2.19. The van der Waals surface area contributed by atoms with E-state index in [1.54, 1.807) is 7.05 Å². The minimum absolute atomic E-state index is 0.0281. The Balaban J connectivity index is 2.48. The lowest BCUT2D eigenvalue weighted by atomic mass is 10.1. The molecule has 1 heterocycles. The molecule has 2 nitrogen and oxygen atoms in total. The molecular weight excluding hydrogens is 293 g/mol. The molecule has 21 heavy (non-hydrogen) atoms. The zero-order chi connectivity index (χ0) is 15.7. The van der Waals surface area contributed by atoms with Crippen LogP contribution in [-0.2, 0) is 6.42 Å². The standard InChI is InChI=1S/C14H12F5NO/c1-6(20-2)5-7-3-4-8(21-7)9-10(15)12(17)14(19)13(18)11(9)16/h3-4,6,20H,5H2,1-2H3. The molecule has 2 rings (SSSR count).